The van der Waals surface area contributed by atoms with Crippen molar-refractivity contribution in [2.24, 2.45) is 0 Å². The number of rotatable bonds is 17. The summed E-state index contributed by atoms with van der Waals surface area (Å²) in [5, 5.41) is 8.64. The number of aromatic nitrogens is 1. The number of benzene rings is 1. The van der Waals surface area contributed by atoms with Gasteiger partial charge < -0.3 is 20.7 Å². The molecule has 0 saturated carbocycles. The SMILES string of the molecule is CNc1ccc(C[n+]2ccc(CCCCCCCCCCC(=O)NCCNC(=O)OC(C)(C)C)cc2)cc1. The molecule has 0 aliphatic carbocycles. The number of ether oxygens (including phenoxy) is 1. The van der Waals surface area contributed by atoms with E-state index in [9.17, 15) is 9.59 Å². The largest absolute Gasteiger partial charge is 0.444 e. The van der Waals surface area contributed by atoms with Crippen LogP contribution in [-0.2, 0) is 22.5 Å². The van der Waals surface area contributed by atoms with Crippen molar-refractivity contribution < 1.29 is 18.9 Å². The third-order valence-electron chi connectivity index (χ3n) is 6.30. The van der Waals surface area contributed by atoms with Gasteiger partial charge in [0.2, 0.25) is 5.91 Å². The van der Waals surface area contributed by atoms with Gasteiger partial charge in [0.05, 0.1) is 0 Å². The number of carbonyl (C=O) groups is 2. The molecule has 3 N–H and O–H groups in total. The first-order valence-corrected chi connectivity index (χ1v) is 14.2. The molecule has 0 radical (unpaired) electrons. The van der Waals surface area contributed by atoms with Gasteiger partial charge in [-0.2, -0.15) is 0 Å². The van der Waals surface area contributed by atoms with Crippen LogP contribution in [0.15, 0.2) is 48.8 Å². The molecule has 38 heavy (non-hydrogen) atoms. The Hall–Kier alpha value is -3.09. The molecule has 0 aliphatic heterocycles. The van der Waals surface area contributed by atoms with Gasteiger partial charge in [0.25, 0.3) is 0 Å². The highest BCUT2D eigenvalue weighted by atomic mass is 16.6. The lowest BCUT2D eigenvalue weighted by Gasteiger charge is -2.19. The van der Waals surface area contributed by atoms with Crippen LogP contribution in [0.4, 0.5) is 10.5 Å². The Balaban J connectivity index is 1.41. The van der Waals surface area contributed by atoms with Gasteiger partial charge >= 0.3 is 6.09 Å². The molecule has 1 heterocycles. The summed E-state index contributed by atoms with van der Waals surface area (Å²) in [6.07, 6.45) is 15.1. The van der Waals surface area contributed by atoms with E-state index in [1.54, 1.807) is 0 Å². The Labute approximate surface area is 229 Å². The number of alkyl carbamates (subject to hydrolysis) is 1. The topological polar surface area (TPSA) is 83.3 Å². The maximum atomic E-state index is 11.9. The molecule has 1 aromatic carbocycles. The van der Waals surface area contributed by atoms with Gasteiger partial charge in [0.1, 0.15) is 5.60 Å². The van der Waals surface area contributed by atoms with Gasteiger partial charge in [-0.25, -0.2) is 9.36 Å². The Morgan fingerprint density at radius 2 is 1.34 bits per heavy atom. The number of hydrogen-bond acceptors (Lipinski definition) is 4. The summed E-state index contributed by atoms with van der Waals surface area (Å²) >= 11 is 0. The zero-order valence-corrected chi connectivity index (χ0v) is 24.0. The maximum absolute atomic E-state index is 11.9. The fraction of sp³-hybridized carbons (Fsp3) is 0.581. The van der Waals surface area contributed by atoms with Crippen LogP contribution >= 0.6 is 0 Å². The molecule has 0 saturated heterocycles. The summed E-state index contributed by atoms with van der Waals surface area (Å²) in [5.74, 6) is 0.0469. The molecule has 1 aromatic heterocycles. The molecule has 210 valence electrons. The van der Waals surface area contributed by atoms with Crippen molar-refractivity contribution in [2.75, 3.05) is 25.5 Å². The number of carbonyl (C=O) groups excluding carboxylic acids is 2. The molecule has 2 aromatic rings. The zero-order chi connectivity index (χ0) is 27.6. The number of amides is 2. The second-order valence-corrected chi connectivity index (χ2v) is 10.9. The number of nitrogens with zero attached hydrogens (tertiary/aromatic N) is 1. The Kier molecular flexibility index (Phi) is 14.3. The van der Waals surface area contributed by atoms with E-state index in [-0.39, 0.29) is 5.91 Å². The molecule has 2 amide bonds. The number of nitrogens with one attached hydrogen (secondary N) is 3. The van der Waals surface area contributed by atoms with E-state index >= 15 is 0 Å². The van der Waals surface area contributed by atoms with Crippen LogP contribution in [0.1, 0.15) is 89.7 Å². The molecule has 0 unspecified atom stereocenters. The molecule has 7 heteroatoms. The third-order valence-corrected chi connectivity index (χ3v) is 6.30. The van der Waals surface area contributed by atoms with Crippen LogP contribution in [0.25, 0.3) is 0 Å². The van der Waals surface area contributed by atoms with E-state index in [4.69, 9.17) is 4.74 Å². The molecular weight excluding hydrogens is 476 g/mol. The van der Waals surface area contributed by atoms with Gasteiger partial charge in [-0.3, -0.25) is 4.79 Å². The number of unbranched alkanes of at least 4 members (excludes halogenated alkanes) is 7. The fourth-order valence-corrected chi connectivity index (χ4v) is 4.19. The predicted molar refractivity (Wildman–Crippen MR) is 154 cm³/mol. The summed E-state index contributed by atoms with van der Waals surface area (Å²) in [4.78, 5) is 23.5. The smallest absolute Gasteiger partial charge is 0.407 e. The molecule has 0 atom stereocenters. The van der Waals surface area contributed by atoms with E-state index in [0.29, 0.717) is 19.5 Å². The second-order valence-electron chi connectivity index (χ2n) is 10.9. The van der Waals surface area contributed by atoms with Crippen molar-refractivity contribution >= 4 is 17.7 Å². The number of anilines is 1. The minimum atomic E-state index is -0.513. The number of hydrogen-bond donors (Lipinski definition) is 3. The van der Waals surface area contributed by atoms with Gasteiger partial charge in [0, 0.05) is 49.9 Å². The monoisotopic (exact) mass is 525 g/mol. The molecular formula is C31H49N4O3+. The molecule has 0 fully saturated rings. The summed E-state index contributed by atoms with van der Waals surface area (Å²) in [6.45, 7) is 7.15. The van der Waals surface area contributed by atoms with Crippen LogP contribution in [0, 0.1) is 0 Å². The summed E-state index contributed by atoms with van der Waals surface area (Å²) in [5.41, 5.74) is 3.33. The Bertz CT molecular complexity index is 937. The number of aryl methyl sites for hydroxylation is 1. The highest BCUT2D eigenvalue weighted by Gasteiger charge is 2.15. The van der Waals surface area contributed by atoms with Crippen molar-refractivity contribution in [3.63, 3.8) is 0 Å². The maximum Gasteiger partial charge on any atom is 0.407 e. The predicted octanol–water partition coefficient (Wildman–Crippen LogP) is 5.76. The van der Waals surface area contributed by atoms with Gasteiger partial charge in [-0.05, 0) is 57.7 Å². The molecule has 7 nitrogen and oxygen atoms in total. The highest BCUT2D eigenvalue weighted by Crippen LogP contribution is 2.12. The summed E-state index contributed by atoms with van der Waals surface area (Å²) in [7, 11) is 1.94. The average Bonchev–Trinajstić information content (AvgIpc) is 2.88. The molecule has 0 bridgehead atoms. The normalized spacial score (nSPS) is 11.2. The lowest BCUT2D eigenvalue weighted by atomic mass is 10.0. The van der Waals surface area contributed by atoms with Gasteiger partial charge in [-0.15, -0.1) is 0 Å². The summed E-state index contributed by atoms with van der Waals surface area (Å²) in [6, 6.07) is 13.1. The standard InChI is InChI=1S/C31H48N4O3/c1-31(2,3)38-30(37)34-22-21-33-29(36)14-12-10-8-6-5-7-9-11-13-26-19-23-35(24-20-26)25-27-15-17-28(32-4)18-16-27/h15-20,23-24,32H,5-14,21-22,25H2,1-4H3,(H-,33,34,36,37)/p+1. The molecule has 0 aliphatic rings. The van der Waals surface area contributed by atoms with Crippen LogP contribution in [0.2, 0.25) is 0 Å². The minimum Gasteiger partial charge on any atom is -0.444 e. The fourth-order valence-electron chi connectivity index (χ4n) is 4.19. The first-order valence-electron chi connectivity index (χ1n) is 14.2. The lowest BCUT2D eigenvalue weighted by molar-refractivity contribution is -0.688. The van der Waals surface area contributed by atoms with Crippen molar-refractivity contribution in [1.29, 1.82) is 0 Å². The van der Waals surface area contributed by atoms with Gasteiger partial charge in [-0.1, -0.05) is 50.7 Å². The second kappa shape index (κ2) is 17.4. The average molecular weight is 526 g/mol. The van der Waals surface area contributed by atoms with Gasteiger partial charge in [0.15, 0.2) is 18.9 Å². The quantitative estimate of drug-likeness (QED) is 0.181. The van der Waals surface area contributed by atoms with E-state index in [0.717, 1.165) is 31.5 Å². The van der Waals surface area contributed by atoms with E-state index in [1.165, 1.54) is 49.7 Å². The Morgan fingerprint density at radius 3 is 1.95 bits per heavy atom. The van der Waals surface area contributed by atoms with E-state index in [2.05, 4.69) is 69.3 Å². The van der Waals surface area contributed by atoms with Crippen molar-refractivity contribution in [1.82, 2.24) is 10.6 Å². The number of pyridine rings is 1. The molecule has 2 rings (SSSR count). The van der Waals surface area contributed by atoms with Crippen LogP contribution in [0.5, 0.6) is 0 Å². The van der Waals surface area contributed by atoms with E-state index < -0.39 is 11.7 Å². The third kappa shape index (κ3) is 14.6. The van der Waals surface area contributed by atoms with Crippen molar-refractivity contribution in [2.45, 2.75) is 97.1 Å². The zero-order valence-electron chi connectivity index (χ0n) is 24.0. The van der Waals surface area contributed by atoms with E-state index in [1.807, 2.05) is 27.8 Å². The Morgan fingerprint density at radius 1 is 0.763 bits per heavy atom. The minimum absolute atomic E-state index is 0.0469. The van der Waals surface area contributed by atoms with Crippen LogP contribution < -0.4 is 20.5 Å². The first-order chi connectivity index (χ1) is 18.2. The molecule has 0 spiro atoms. The van der Waals surface area contributed by atoms with Crippen LogP contribution in [0.3, 0.4) is 0 Å². The highest BCUT2D eigenvalue weighted by molar-refractivity contribution is 5.75. The summed E-state index contributed by atoms with van der Waals surface area (Å²) < 4.78 is 7.39. The van der Waals surface area contributed by atoms with Crippen molar-refractivity contribution in [3.8, 4) is 0 Å². The first kappa shape index (κ1) is 31.1. The lowest BCUT2D eigenvalue weighted by Crippen LogP contribution is -2.37. The van der Waals surface area contributed by atoms with Crippen molar-refractivity contribution in [3.05, 3.63) is 59.9 Å². The van der Waals surface area contributed by atoms with Crippen LogP contribution in [-0.4, -0.2) is 37.7 Å².